The second kappa shape index (κ2) is 7.53. The highest BCUT2D eigenvalue weighted by Gasteiger charge is 2.08. The van der Waals surface area contributed by atoms with E-state index in [2.05, 4.69) is 37.5 Å². The number of anilines is 2. The van der Waals surface area contributed by atoms with Gasteiger partial charge in [0.1, 0.15) is 6.33 Å². The molecule has 2 aromatic rings. The molecule has 0 aliphatic carbocycles. The van der Waals surface area contributed by atoms with Gasteiger partial charge in [-0.3, -0.25) is 4.57 Å². The molecule has 0 fully saturated rings. The predicted octanol–water partition coefficient (Wildman–Crippen LogP) is 1.33. The van der Waals surface area contributed by atoms with Crippen LogP contribution in [0.3, 0.4) is 0 Å². The van der Waals surface area contributed by atoms with Crippen molar-refractivity contribution in [3.63, 3.8) is 0 Å². The van der Waals surface area contributed by atoms with E-state index >= 15 is 0 Å². The van der Waals surface area contributed by atoms with Crippen LogP contribution in [-0.2, 0) is 4.74 Å². The molecule has 0 radical (unpaired) electrons. The van der Waals surface area contributed by atoms with Crippen LogP contribution in [0.5, 0.6) is 0 Å². The molecule has 0 bridgehead atoms. The van der Waals surface area contributed by atoms with Crippen molar-refractivity contribution in [1.82, 2.24) is 24.5 Å². The van der Waals surface area contributed by atoms with Crippen molar-refractivity contribution in [2.24, 2.45) is 0 Å². The molecule has 0 saturated carbocycles. The summed E-state index contributed by atoms with van der Waals surface area (Å²) < 4.78 is 6.94. The van der Waals surface area contributed by atoms with Gasteiger partial charge in [-0.05, 0) is 13.3 Å². The molecular formula is C13H21N7O. The summed E-state index contributed by atoms with van der Waals surface area (Å²) in [5, 5.41) is 6.33. The Morgan fingerprint density at radius 2 is 2.00 bits per heavy atom. The first kappa shape index (κ1) is 15.2. The van der Waals surface area contributed by atoms with Gasteiger partial charge in [-0.1, -0.05) is 6.92 Å². The maximum Gasteiger partial charge on any atom is 0.241 e. The SMILES string of the molecule is CCCNc1nc(NCC(C)OC)nc(-n2ccnc2)n1. The molecule has 1 atom stereocenters. The van der Waals surface area contributed by atoms with E-state index in [1.807, 2.05) is 6.92 Å². The van der Waals surface area contributed by atoms with Crippen molar-refractivity contribution in [1.29, 1.82) is 0 Å². The minimum atomic E-state index is 0.0745. The lowest BCUT2D eigenvalue weighted by Gasteiger charge is -2.12. The number of methoxy groups -OCH3 is 1. The van der Waals surface area contributed by atoms with E-state index in [4.69, 9.17) is 4.74 Å². The van der Waals surface area contributed by atoms with Crippen LogP contribution in [0.4, 0.5) is 11.9 Å². The second-order valence-corrected chi connectivity index (χ2v) is 4.61. The van der Waals surface area contributed by atoms with Gasteiger partial charge >= 0.3 is 0 Å². The number of aromatic nitrogens is 5. The predicted molar refractivity (Wildman–Crippen MR) is 80.7 cm³/mol. The molecule has 21 heavy (non-hydrogen) atoms. The first-order valence-corrected chi connectivity index (χ1v) is 6.98. The fraction of sp³-hybridized carbons (Fsp3) is 0.538. The highest BCUT2D eigenvalue weighted by Crippen LogP contribution is 2.09. The second-order valence-electron chi connectivity index (χ2n) is 4.61. The minimum absolute atomic E-state index is 0.0745. The first-order valence-electron chi connectivity index (χ1n) is 6.98. The lowest BCUT2D eigenvalue weighted by molar-refractivity contribution is 0.128. The van der Waals surface area contributed by atoms with Gasteiger partial charge in [-0.25, -0.2) is 4.98 Å². The van der Waals surface area contributed by atoms with Crippen LogP contribution in [0, 0.1) is 0 Å². The van der Waals surface area contributed by atoms with Crippen LogP contribution < -0.4 is 10.6 Å². The van der Waals surface area contributed by atoms with E-state index in [9.17, 15) is 0 Å². The van der Waals surface area contributed by atoms with Gasteiger partial charge in [0.05, 0.1) is 6.10 Å². The first-order chi connectivity index (χ1) is 10.2. The zero-order valence-electron chi connectivity index (χ0n) is 12.6. The molecule has 0 aliphatic rings. The van der Waals surface area contributed by atoms with E-state index in [0.29, 0.717) is 24.4 Å². The van der Waals surface area contributed by atoms with Gasteiger partial charge in [0.2, 0.25) is 17.8 Å². The molecule has 8 heteroatoms. The molecule has 2 N–H and O–H groups in total. The molecule has 0 saturated heterocycles. The van der Waals surface area contributed by atoms with E-state index in [1.165, 1.54) is 0 Å². The fourth-order valence-electron chi connectivity index (χ4n) is 1.57. The number of rotatable bonds is 8. The summed E-state index contributed by atoms with van der Waals surface area (Å²) >= 11 is 0. The van der Waals surface area contributed by atoms with E-state index < -0.39 is 0 Å². The molecule has 8 nitrogen and oxygen atoms in total. The van der Waals surface area contributed by atoms with Crippen molar-refractivity contribution >= 4 is 11.9 Å². The fourth-order valence-corrected chi connectivity index (χ4v) is 1.57. The average Bonchev–Trinajstić information content (AvgIpc) is 3.04. The summed E-state index contributed by atoms with van der Waals surface area (Å²) in [5.74, 6) is 1.58. The molecule has 2 aromatic heterocycles. The molecule has 114 valence electrons. The Labute approximate surface area is 124 Å². The number of hydrogen-bond donors (Lipinski definition) is 2. The Bertz CT molecular complexity index is 543. The van der Waals surface area contributed by atoms with Crippen LogP contribution in [-0.4, -0.2) is 50.8 Å². The maximum absolute atomic E-state index is 5.20. The van der Waals surface area contributed by atoms with Crippen LogP contribution in [0.15, 0.2) is 18.7 Å². The minimum Gasteiger partial charge on any atom is -0.380 e. The van der Waals surface area contributed by atoms with Crippen molar-refractivity contribution in [2.45, 2.75) is 26.4 Å². The summed E-state index contributed by atoms with van der Waals surface area (Å²) in [6.07, 6.45) is 6.20. The van der Waals surface area contributed by atoms with E-state index in [0.717, 1.165) is 13.0 Å². The van der Waals surface area contributed by atoms with Gasteiger partial charge in [-0.2, -0.15) is 15.0 Å². The van der Waals surface area contributed by atoms with Gasteiger partial charge < -0.3 is 15.4 Å². The number of imidazole rings is 1. The molecule has 1 unspecified atom stereocenters. The molecule has 2 heterocycles. The van der Waals surface area contributed by atoms with Crippen molar-refractivity contribution in [3.8, 4) is 5.95 Å². The Kier molecular flexibility index (Phi) is 5.44. The van der Waals surface area contributed by atoms with Crippen LogP contribution in [0.2, 0.25) is 0 Å². The van der Waals surface area contributed by atoms with Crippen molar-refractivity contribution in [2.75, 3.05) is 30.8 Å². The monoisotopic (exact) mass is 291 g/mol. The summed E-state index contributed by atoms with van der Waals surface area (Å²) in [5.41, 5.74) is 0. The standard InChI is InChI=1S/C13H21N7O/c1-4-5-15-11-17-12(16-8-10(2)21-3)19-13(18-11)20-7-6-14-9-20/h6-7,9-10H,4-5,8H2,1-3H3,(H2,15,16,17,18,19). The Morgan fingerprint density at radius 1 is 1.24 bits per heavy atom. The van der Waals surface area contributed by atoms with Crippen LogP contribution in [0.25, 0.3) is 5.95 Å². The van der Waals surface area contributed by atoms with Gasteiger partial charge in [-0.15, -0.1) is 0 Å². The third kappa shape index (κ3) is 4.38. The Morgan fingerprint density at radius 3 is 2.62 bits per heavy atom. The largest absolute Gasteiger partial charge is 0.380 e. The number of nitrogens with zero attached hydrogens (tertiary/aromatic N) is 5. The molecule has 0 amide bonds. The zero-order chi connectivity index (χ0) is 15.1. The van der Waals surface area contributed by atoms with Crippen LogP contribution >= 0.6 is 0 Å². The summed E-state index contributed by atoms with van der Waals surface area (Å²) in [6.45, 7) is 5.49. The topological polar surface area (TPSA) is 89.8 Å². The molecule has 2 rings (SSSR count). The molecule has 0 spiro atoms. The Balaban J connectivity index is 2.20. The quantitative estimate of drug-likeness (QED) is 0.758. The smallest absolute Gasteiger partial charge is 0.241 e. The third-order valence-corrected chi connectivity index (χ3v) is 2.84. The van der Waals surface area contributed by atoms with Gasteiger partial charge in [0, 0.05) is 32.6 Å². The van der Waals surface area contributed by atoms with Crippen molar-refractivity contribution in [3.05, 3.63) is 18.7 Å². The highest BCUT2D eigenvalue weighted by atomic mass is 16.5. The van der Waals surface area contributed by atoms with E-state index in [1.54, 1.807) is 30.4 Å². The number of hydrogen-bond acceptors (Lipinski definition) is 7. The van der Waals surface area contributed by atoms with Crippen LogP contribution in [0.1, 0.15) is 20.3 Å². The third-order valence-electron chi connectivity index (χ3n) is 2.84. The zero-order valence-corrected chi connectivity index (χ0v) is 12.6. The maximum atomic E-state index is 5.20. The van der Waals surface area contributed by atoms with Gasteiger partial charge in [0.15, 0.2) is 0 Å². The summed E-state index contributed by atoms with van der Waals surface area (Å²) in [4.78, 5) is 17.1. The normalized spacial score (nSPS) is 12.1. The lowest BCUT2D eigenvalue weighted by atomic mass is 10.4. The van der Waals surface area contributed by atoms with Gasteiger partial charge in [0.25, 0.3) is 0 Å². The molecule has 0 aromatic carbocycles. The average molecular weight is 291 g/mol. The number of nitrogens with one attached hydrogen (secondary N) is 2. The molecule has 0 aliphatic heterocycles. The van der Waals surface area contributed by atoms with Crippen molar-refractivity contribution < 1.29 is 4.74 Å². The lowest BCUT2D eigenvalue weighted by Crippen LogP contribution is -2.20. The highest BCUT2D eigenvalue weighted by molar-refractivity contribution is 5.38. The summed E-state index contributed by atoms with van der Waals surface area (Å²) in [6, 6.07) is 0. The number of ether oxygens (including phenoxy) is 1. The molecular weight excluding hydrogens is 270 g/mol. The van der Waals surface area contributed by atoms with E-state index in [-0.39, 0.29) is 6.10 Å². The Hall–Kier alpha value is -2.22. The summed E-state index contributed by atoms with van der Waals surface area (Å²) in [7, 11) is 1.67.